The lowest BCUT2D eigenvalue weighted by atomic mass is 9.62. The van der Waals surface area contributed by atoms with Gasteiger partial charge in [-0.2, -0.15) is 0 Å². The molecule has 0 N–H and O–H groups in total. The normalized spacial score (nSPS) is 50.5. The van der Waals surface area contributed by atoms with Crippen LogP contribution in [0.5, 0.6) is 0 Å². The first-order valence-corrected chi connectivity index (χ1v) is 5.08. The van der Waals surface area contributed by atoms with Gasteiger partial charge in [-0.15, -0.1) is 0 Å². The third-order valence-electron chi connectivity index (χ3n) is 4.09. The number of hydrogen-bond donors (Lipinski definition) is 0. The minimum absolute atomic E-state index is 1.02. The molecule has 2 aliphatic carbocycles. The van der Waals surface area contributed by atoms with Crippen molar-refractivity contribution in [3.63, 3.8) is 0 Å². The molecular formula is C10H17N. The molecule has 0 aromatic rings. The molecule has 2 aliphatic heterocycles. The second-order valence-electron chi connectivity index (χ2n) is 4.80. The molecule has 4 aliphatic rings. The Morgan fingerprint density at radius 2 is 1.73 bits per heavy atom. The second-order valence-corrected chi connectivity index (χ2v) is 4.80. The fourth-order valence-corrected chi connectivity index (χ4v) is 2.90. The van der Waals surface area contributed by atoms with Crippen LogP contribution in [0.2, 0.25) is 0 Å². The Bertz CT molecular complexity index is 162. The zero-order valence-corrected chi connectivity index (χ0v) is 7.29. The zero-order valence-electron chi connectivity index (χ0n) is 7.29. The quantitative estimate of drug-likeness (QED) is 0.551. The molecule has 0 amide bonds. The van der Waals surface area contributed by atoms with Gasteiger partial charge in [0.2, 0.25) is 0 Å². The zero-order chi connectivity index (χ0) is 7.42. The summed E-state index contributed by atoms with van der Waals surface area (Å²) in [5.74, 6) is 3.22. The summed E-state index contributed by atoms with van der Waals surface area (Å²) < 4.78 is 0. The fourth-order valence-electron chi connectivity index (χ4n) is 2.90. The van der Waals surface area contributed by atoms with Gasteiger partial charge in [0, 0.05) is 19.1 Å². The lowest BCUT2D eigenvalue weighted by Gasteiger charge is -2.52. The van der Waals surface area contributed by atoms with E-state index in [0.717, 1.165) is 23.8 Å². The summed E-state index contributed by atoms with van der Waals surface area (Å²) in [4.78, 5) is 2.75. The van der Waals surface area contributed by atoms with Crippen LogP contribution in [0.1, 0.15) is 26.2 Å². The van der Waals surface area contributed by atoms with E-state index in [9.17, 15) is 0 Å². The van der Waals surface area contributed by atoms with E-state index in [2.05, 4.69) is 11.8 Å². The van der Waals surface area contributed by atoms with Gasteiger partial charge in [0.05, 0.1) is 0 Å². The lowest BCUT2D eigenvalue weighted by molar-refractivity contribution is -0.0367. The standard InChI is InChI=1S/C10H17N/c1-7-8-4-9(7)6-11(5-8)10-2-3-10/h7-10H,2-6H2,1H3. The number of hydrogen-bond acceptors (Lipinski definition) is 1. The van der Waals surface area contributed by atoms with E-state index in [1.165, 1.54) is 25.9 Å². The van der Waals surface area contributed by atoms with Crippen LogP contribution in [0.15, 0.2) is 0 Å². The van der Waals surface area contributed by atoms with Gasteiger partial charge in [-0.25, -0.2) is 0 Å². The van der Waals surface area contributed by atoms with Crippen molar-refractivity contribution in [1.82, 2.24) is 4.90 Å². The summed E-state index contributed by atoms with van der Waals surface area (Å²) in [6, 6.07) is 1.02. The van der Waals surface area contributed by atoms with E-state index in [1.807, 2.05) is 0 Å². The predicted octanol–water partition coefficient (Wildman–Crippen LogP) is 1.74. The van der Waals surface area contributed by atoms with Gasteiger partial charge in [0.1, 0.15) is 0 Å². The summed E-state index contributed by atoms with van der Waals surface area (Å²) in [7, 11) is 0. The lowest BCUT2D eigenvalue weighted by Crippen LogP contribution is -2.54. The molecule has 0 radical (unpaired) electrons. The van der Waals surface area contributed by atoms with E-state index >= 15 is 0 Å². The minimum atomic E-state index is 1.02. The highest BCUT2D eigenvalue weighted by Crippen LogP contribution is 2.47. The van der Waals surface area contributed by atoms with Gasteiger partial charge in [0.15, 0.2) is 0 Å². The molecule has 0 aromatic heterocycles. The molecule has 2 unspecified atom stereocenters. The molecule has 1 heteroatoms. The second kappa shape index (κ2) is 2.01. The van der Waals surface area contributed by atoms with E-state index in [0.29, 0.717) is 0 Å². The smallest absolute Gasteiger partial charge is 0.00966 e. The molecule has 2 atom stereocenters. The molecule has 11 heavy (non-hydrogen) atoms. The molecule has 4 fully saturated rings. The van der Waals surface area contributed by atoms with Crippen LogP contribution in [0, 0.1) is 17.8 Å². The van der Waals surface area contributed by atoms with Crippen LogP contribution in [0.25, 0.3) is 0 Å². The highest BCUT2D eigenvalue weighted by molar-refractivity contribution is 4.99. The summed E-state index contributed by atoms with van der Waals surface area (Å²) in [5.41, 5.74) is 0. The summed E-state index contributed by atoms with van der Waals surface area (Å²) >= 11 is 0. The SMILES string of the molecule is CC1C2CC1CN(C1CC1)C2. The monoisotopic (exact) mass is 151 g/mol. The van der Waals surface area contributed by atoms with Crippen molar-refractivity contribution in [2.45, 2.75) is 32.2 Å². The third-order valence-corrected chi connectivity index (χ3v) is 4.09. The van der Waals surface area contributed by atoms with Gasteiger partial charge < -0.3 is 0 Å². The van der Waals surface area contributed by atoms with Crippen molar-refractivity contribution in [3.8, 4) is 0 Å². The maximum atomic E-state index is 2.75. The summed E-state index contributed by atoms with van der Waals surface area (Å²) in [5, 5.41) is 0. The molecular weight excluding hydrogens is 134 g/mol. The fraction of sp³-hybridized carbons (Fsp3) is 1.00. The molecule has 2 saturated heterocycles. The van der Waals surface area contributed by atoms with Crippen LogP contribution in [0.3, 0.4) is 0 Å². The minimum Gasteiger partial charge on any atom is -0.300 e. The Labute approximate surface area is 68.8 Å². The molecule has 2 bridgehead atoms. The maximum absolute atomic E-state index is 2.75. The van der Waals surface area contributed by atoms with Gasteiger partial charge in [-0.1, -0.05) is 6.92 Å². The Morgan fingerprint density at radius 1 is 1.09 bits per heavy atom. The highest BCUT2D eigenvalue weighted by atomic mass is 15.2. The first-order chi connectivity index (χ1) is 5.34. The van der Waals surface area contributed by atoms with Gasteiger partial charge in [-0.3, -0.25) is 4.90 Å². The molecule has 0 spiro atoms. The van der Waals surface area contributed by atoms with Crippen molar-refractivity contribution in [1.29, 1.82) is 0 Å². The van der Waals surface area contributed by atoms with Crippen LogP contribution in [-0.4, -0.2) is 24.0 Å². The molecule has 2 saturated carbocycles. The Hall–Kier alpha value is -0.0400. The average Bonchev–Trinajstić information content (AvgIpc) is 2.86. The van der Waals surface area contributed by atoms with E-state index in [-0.39, 0.29) is 0 Å². The van der Waals surface area contributed by atoms with Crippen molar-refractivity contribution in [2.75, 3.05) is 13.1 Å². The van der Waals surface area contributed by atoms with Crippen molar-refractivity contribution in [2.24, 2.45) is 17.8 Å². The molecule has 1 nitrogen and oxygen atoms in total. The Morgan fingerprint density at radius 3 is 2.18 bits per heavy atom. The van der Waals surface area contributed by atoms with Crippen LogP contribution >= 0.6 is 0 Å². The number of rotatable bonds is 1. The number of nitrogens with zero attached hydrogens (tertiary/aromatic N) is 1. The first kappa shape index (κ1) is 6.47. The predicted molar refractivity (Wildman–Crippen MR) is 45.4 cm³/mol. The molecule has 0 aromatic carbocycles. The largest absolute Gasteiger partial charge is 0.300 e. The number of piperidine rings is 2. The Balaban J connectivity index is 1.67. The van der Waals surface area contributed by atoms with Gasteiger partial charge >= 0.3 is 0 Å². The van der Waals surface area contributed by atoms with Crippen LogP contribution in [0.4, 0.5) is 0 Å². The van der Waals surface area contributed by atoms with E-state index in [4.69, 9.17) is 0 Å². The van der Waals surface area contributed by atoms with E-state index in [1.54, 1.807) is 6.42 Å². The van der Waals surface area contributed by atoms with Crippen molar-refractivity contribution in [3.05, 3.63) is 0 Å². The number of fused-ring (bicyclic) bond motifs is 2. The van der Waals surface area contributed by atoms with E-state index < -0.39 is 0 Å². The van der Waals surface area contributed by atoms with Crippen LogP contribution < -0.4 is 0 Å². The third kappa shape index (κ3) is 0.868. The summed E-state index contributed by atoms with van der Waals surface area (Å²) in [6.07, 6.45) is 4.53. The van der Waals surface area contributed by atoms with Crippen molar-refractivity contribution >= 4 is 0 Å². The first-order valence-electron chi connectivity index (χ1n) is 5.08. The molecule has 62 valence electrons. The van der Waals surface area contributed by atoms with Crippen LogP contribution in [-0.2, 0) is 0 Å². The topological polar surface area (TPSA) is 3.24 Å². The van der Waals surface area contributed by atoms with Gasteiger partial charge in [-0.05, 0) is 37.0 Å². The highest BCUT2D eigenvalue weighted by Gasteiger charge is 2.46. The van der Waals surface area contributed by atoms with Gasteiger partial charge in [0.25, 0.3) is 0 Å². The Kier molecular flexibility index (Phi) is 1.18. The molecule has 2 heterocycles. The summed E-state index contributed by atoms with van der Waals surface area (Å²) in [6.45, 7) is 5.31. The molecule has 4 rings (SSSR count). The van der Waals surface area contributed by atoms with Crippen molar-refractivity contribution < 1.29 is 0 Å². The maximum Gasteiger partial charge on any atom is 0.00966 e. The average molecular weight is 151 g/mol.